The van der Waals surface area contributed by atoms with E-state index < -0.39 is 10.0 Å². The molecular weight excluding hydrogens is 717 g/mol. The molecular formula is C45H56N8O2S. The number of pyridine rings is 2. The van der Waals surface area contributed by atoms with Crippen LogP contribution in [0, 0.1) is 11.8 Å². The molecule has 56 heavy (non-hydrogen) atoms. The molecule has 2 aliphatic carbocycles. The summed E-state index contributed by atoms with van der Waals surface area (Å²) >= 11 is 0. The summed E-state index contributed by atoms with van der Waals surface area (Å²) in [6, 6.07) is 12.8. The maximum Gasteiger partial charge on any atom is 0.269 e. The number of nitrogens with zero attached hydrogens (tertiary/aromatic N) is 7. The molecule has 11 heteroatoms. The normalized spacial score (nSPS) is 16.8. The third-order valence-electron chi connectivity index (χ3n) is 10.6. The van der Waals surface area contributed by atoms with E-state index in [0.717, 1.165) is 64.9 Å². The Morgan fingerprint density at radius 3 is 1.77 bits per heavy atom. The van der Waals surface area contributed by atoms with Gasteiger partial charge in [0.1, 0.15) is 5.65 Å². The summed E-state index contributed by atoms with van der Waals surface area (Å²) in [5.41, 5.74) is 10.4. The van der Waals surface area contributed by atoms with E-state index in [-0.39, 0.29) is 27.2 Å². The lowest BCUT2D eigenvalue weighted by molar-refractivity contribution is 0.534. The first-order chi connectivity index (χ1) is 25.6. The van der Waals surface area contributed by atoms with Gasteiger partial charge in [0.2, 0.25) is 0 Å². The summed E-state index contributed by atoms with van der Waals surface area (Å²) in [4.78, 5) is 12.7. The van der Waals surface area contributed by atoms with Crippen molar-refractivity contribution in [2.75, 3.05) is 0 Å². The van der Waals surface area contributed by atoms with E-state index in [4.69, 9.17) is 0 Å². The molecule has 0 saturated heterocycles. The SMILES string of the molecule is C.C.C.CC1CC=C(c2cnc3[nH]cc(-c4cnn(C)c4)c3c2)CC1.CC1CC=C(c2cnc3c(c2)c(-c2cnn(C)c2)cn3S(=O)(=O)c2ccccc2)CC1. The number of benzene rings is 1. The fourth-order valence-electron chi connectivity index (χ4n) is 7.37. The molecule has 0 spiro atoms. The quantitative estimate of drug-likeness (QED) is 0.180. The van der Waals surface area contributed by atoms with Gasteiger partial charge in [0, 0.05) is 84.3 Å². The second-order valence-corrected chi connectivity index (χ2v) is 16.4. The number of allylic oxidation sites excluding steroid dienone is 4. The lowest BCUT2D eigenvalue weighted by Gasteiger charge is -2.18. The summed E-state index contributed by atoms with van der Waals surface area (Å²) in [5, 5.41) is 10.5. The Morgan fingerprint density at radius 1 is 0.679 bits per heavy atom. The van der Waals surface area contributed by atoms with Crippen LogP contribution in [0.25, 0.3) is 55.5 Å². The van der Waals surface area contributed by atoms with Crippen molar-refractivity contribution in [3.8, 4) is 22.3 Å². The summed E-state index contributed by atoms with van der Waals surface area (Å²) in [7, 11) is 0.0102. The van der Waals surface area contributed by atoms with Crippen molar-refractivity contribution in [2.24, 2.45) is 25.9 Å². The van der Waals surface area contributed by atoms with Crippen molar-refractivity contribution >= 4 is 43.2 Å². The minimum atomic E-state index is -3.78. The van der Waals surface area contributed by atoms with Gasteiger partial charge in [-0.3, -0.25) is 9.36 Å². The first-order valence-electron chi connectivity index (χ1n) is 18.3. The average molecular weight is 773 g/mol. The number of hydrogen-bond acceptors (Lipinski definition) is 6. The highest BCUT2D eigenvalue weighted by atomic mass is 32.2. The number of fused-ring (bicyclic) bond motifs is 2. The topological polar surface area (TPSA) is 116 Å². The van der Waals surface area contributed by atoms with Gasteiger partial charge in [-0.25, -0.2) is 22.4 Å². The number of nitrogens with one attached hydrogen (secondary N) is 1. The molecule has 6 aromatic heterocycles. The van der Waals surface area contributed by atoms with E-state index in [2.05, 4.69) is 63.3 Å². The lowest BCUT2D eigenvalue weighted by Crippen LogP contribution is -2.12. The highest BCUT2D eigenvalue weighted by Gasteiger charge is 2.24. The van der Waals surface area contributed by atoms with Crippen molar-refractivity contribution in [1.29, 1.82) is 0 Å². The van der Waals surface area contributed by atoms with Crippen molar-refractivity contribution < 1.29 is 8.42 Å². The molecule has 294 valence electrons. The molecule has 0 saturated carbocycles. The van der Waals surface area contributed by atoms with Crippen LogP contribution in [0.5, 0.6) is 0 Å². The average Bonchev–Trinajstić information content (AvgIpc) is 3.98. The second-order valence-electron chi connectivity index (χ2n) is 14.6. The zero-order valence-electron chi connectivity index (χ0n) is 30.6. The Bertz CT molecular complexity index is 2610. The number of rotatable bonds is 6. The van der Waals surface area contributed by atoms with Crippen LogP contribution in [0.3, 0.4) is 0 Å². The Kier molecular flexibility index (Phi) is 12.7. The van der Waals surface area contributed by atoms with Gasteiger partial charge in [-0.1, -0.05) is 66.5 Å². The van der Waals surface area contributed by atoms with Gasteiger partial charge in [0.25, 0.3) is 10.0 Å². The van der Waals surface area contributed by atoms with Crippen LogP contribution >= 0.6 is 0 Å². The molecule has 0 fully saturated rings. The molecule has 0 bridgehead atoms. The van der Waals surface area contributed by atoms with Crippen molar-refractivity contribution in [2.45, 2.75) is 79.5 Å². The monoisotopic (exact) mass is 772 g/mol. The number of H-pyrrole nitrogens is 1. The standard InChI is InChI=1S/C24H24N4O2S.C18H20N4.3CH4/c1-17-8-10-18(11-9-17)19-12-22-23(20-14-26-27(2)15-20)16-28(24(22)25-13-19)31(29,30)21-6-4-3-5-7-21;1-12-3-5-13(6-4-12)14-7-16-17(10-20-18(16)19-8-14)15-9-21-22(2)11-15;;;/h3-7,10,12-17H,8-9,11H2,1-2H3;5,7-12H,3-4,6H2,1-2H3,(H,19,20);3*1H4. The predicted octanol–water partition coefficient (Wildman–Crippen LogP) is 11.0. The summed E-state index contributed by atoms with van der Waals surface area (Å²) in [6.45, 7) is 4.59. The molecule has 6 heterocycles. The van der Waals surface area contributed by atoms with Crippen LogP contribution in [0.2, 0.25) is 0 Å². The zero-order valence-corrected chi connectivity index (χ0v) is 31.4. The Labute approximate surface area is 332 Å². The zero-order chi connectivity index (χ0) is 36.7. The summed E-state index contributed by atoms with van der Waals surface area (Å²) < 4.78 is 31.7. The van der Waals surface area contributed by atoms with Crippen LogP contribution in [0.15, 0.2) is 109 Å². The molecule has 7 aromatic rings. The van der Waals surface area contributed by atoms with Crippen LogP contribution in [-0.2, 0) is 24.1 Å². The Hall–Kier alpha value is -5.55. The number of hydrogen-bond donors (Lipinski definition) is 1. The molecule has 10 nitrogen and oxygen atoms in total. The lowest BCUT2D eigenvalue weighted by atomic mass is 9.88. The fraction of sp³-hybridized carbons (Fsp3) is 0.333. The maximum atomic E-state index is 13.4. The Balaban J connectivity index is 0.000000214. The van der Waals surface area contributed by atoms with E-state index in [1.165, 1.54) is 44.5 Å². The van der Waals surface area contributed by atoms with Gasteiger partial charge in [-0.2, -0.15) is 10.2 Å². The van der Waals surface area contributed by atoms with Crippen molar-refractivity contribution in [3.05, 3.63) is 115 Å². The molecule has 2 aliphatic rings. The molecule has 0 aliphatic heterocycles. The predicted molar refractivity (Wildman–Crippen MR) is 231 cm³/mol. The van der Waals surface area contributed by atoms with Gasteiger partial charge >= 0.3 is 0 Å². The molecule has 9 rings (SSSR count). The number of aromatic amines is 1. The van der Waals surface area contributed by atoms with Gasteiger partial charge in [-0.05, 0) is 96.9 Å². The van der Waals surface area contributed by atoms with E-state index in [1.54, 1.807) is 53.6 Å². The van der Waals surface area contributed by atoms with Gasteiger partial charge in [0.15, 0.2) is 5.65 Å². The van der Waals surface area contributed by atoms with E-state index in [1.807, 2.05) is 49.8 Å². The summed E-state index contributed by atoms with van der Waals surface area (Å²) in [5.74, 6) is 1.50. The first kappa shape index (κ1) is 41.6. The van der Waals surface area contributed by atoms with Crippen molar-refractivity contribution in [1.82, 2.24) is 38.5 Å². The third-order valence-corrected chi connectivity index (χ3v) is 12.2. The van der Waals surface area contributed by atoms with E-state index >= 15 is 0 Å². The van der Waals surface area contributed by atoms with Gasteiger partial charge in [-0.15, -0.1) is 0 Å². The largest absolute Gasteiger partial charge is 0.346 e. The molecule has 2 atom stereocenters. The Morgan fingerprint density at radius 2 is 1.23 bits per heavy atom. The molecule has 0 radical (unpaired) electrons. The smallest absolute Gasteiger partial charge is 0.269 e. The highest BCUT2D eigenvalue weighted by Crippen LogP contribution is 2.37. The van der Waals surface area contributed by atoms with Crippen LogP contribution in [-0.4, -0.2) is 46.9 Å². The van der Waals surface area contributed by atoms with E-state index in [9.17, 15) is 8.42 Å². The molecule has 2 unspecified atom stereocenters. The minimum absolute atomic E-state index is 0. The second kappa shape index (κ2) is 17.1. The van der Waals surface area contributed by atoms with E-state index in [0.29, 0.717) is 11.6 Å². The first-order valence-corrected chi connectivity index (χ1v) is 19.7. The molecule has 1 aromatic carbocycles. The molecule has 0 amide bonds. The summed E-state index contributed by atoms with van der Waals surface area (Å²) in [6.07, 6.45) is 26.6. The fourth-order valence-corrected chi connectivity index (χ4v) is 8.71. The van der Waals surface area contributed by atoms with Crippen LogP contribution in [0.4, 0.5) is 0 Å². The van der Waals surface area contributed by atoms with Crippen LogP contribution < -0.4 is 0 Å². The third kappa shape index (κ3) is 8.18. The van der Waals surface area contributed by atoms with Gasteiger partial charge < -0.3 is 4.98 Å². The minimum Gasteiger partial charge on any atom is -0.346 e. The number of aromatic nitrogens is 8. The number of aryl methyl sites for hydroxylation is 2. The van der Waals surface area contributed by atoms with Crippen molar-refractivity contribution in [3.63, 3.8) is 0 Å². The van der Waals surface area contributed by atoms with Crippen LogP contribution in [0.1, 0.15) is 85.8 Å². The van der Waals surface area contributed by atoms with Gasteiger partial charge in [0.05, 0.1) is 17.3 Å². The molecule has 1 N–H and O–H groups in total. The highest BCUT2D eigenvalue weighted by molar-refractivity contribution is 7.90. The maximum absolute atomic E-state index is 13.4.